The Balaban J connectivity index is 1.66. The molecule has 2 aliphatic rings. The first-order valence-corrected chi connectivity index (χ1v) is 8.22. The Morgan fingerprint density at radius 2 is 2.10 bits per heavy atom. The maximum atomic E-state index is 12.7. The van der Waals surface area contributed by atoms with E-state index in [1.807, 2.05) is 24.0 Å². The van der Waals surface area contributed by atoms with Crippen molar-refractivity contribution in [2.24, 2.45) is 5.92 Å². The Bertz CT molecular complexity index is 549. The third-order valence-corrected chi connectivity index (χ3v) is 5.74. The normalized spacial score (nSPS) is 28.2. The number of aliphatic carboxylic acids is 1. The van der Waals surface area contributed by atoms with Gasteiger partial charge in [0.1, 0.15) is 0 Å². The Kier molecular flexibility index (Phi) is 3.93. The van der Waals surface area contributed by atoms with Gasteiger partial charge in [-0.05, 0) is 37.8 Å². The standard InChI is InChI=1S/C16H19NO3S/c1-10-8-12(16(19)20)6-7-17(10)15(18)14-9-11-4-2-3-5-13(11)21-14/h2-5,10,12,14H,6-9H2,1H3,(H,19,20). The van der Waals surface area contributed by atoms with Crippen LogP contribution in [-0.2, 0) is 16.0 Å². The van der Waals surface area contributed by atoms with E-state index >= 15 is 0 Å². The zero-order valence-corrected chi connectivity index (χ0v) is 12.8. The van der Waals surface area contributed by atoms with Crippen LogP contribution in [0.25, 0.3) is 0 Å². The van der Waals surface area contributed by atoms with E-state index in [0.29, 0.717) is 19.4 Å². The summed E-state index contributed by atoms with van der Waals surface area (Å²) in [7, 11) is 0. The van der Waals surface area contributed by atoms with Crippen LogP contribution in [0.1, 0.15) is 25.3 Å². The van der Waals surface area contributed by atoms with Gasteiger partial charge >= 0.3 is 5.97 Å². The van der Waals surface area contributed by atoms with Crippen LogP contribution >= 0.6 is 11.8 Å². The number of fused-ring (bicyclic) bond motifs is 1. The molecule has 0 radical (unpaired) electrons. The number of benzene rings is 1. The van der Waals surface area contributed by atoms with Crippen molar-refractivity contribution in [1.29, 1.82) is 0 Å². The van der Waals surface area contributed by atoms with Gasteiger partial charge in [-0.1, -0.05) is 18.2 Å². The molecule has 2 aliphatic heterocycles. The summed E-state index contributed by atoms with van der Waals surface area (Å²) in [6.07, 6.45) is 1.91. The van der Waals surface area contributed by atoms with E-state index in [-0.39, 0.29) is 23.1 Å². The van der Waals surface area contributed by atoms with Crippen molar-refractivity contribution < 1.29 is 14.7 Å². The molecule has 0 saturated carbocycles. The highest BCUT2D eigenvalue weighted by molar-refractivity contribution is 8.01. The zero-order chi connectivity index (χ0) is 15.0. The number of hydrogen-bond donors (Lipinski definition) is 1. The predicted molar refractivity (Wildman–Crippen MR) is 81.3 cm³/mol. The van der Waals surface area contributed by atoms with Gasteiger partial charge in [-0.15, -0.1) is 11.8 Å². The van der Waals surface area contributed by atoms with Gasteiger partial charge < -0.3 is 10.0 Å². The first-order valence-electron chi connectivity index (χ1n) is 7.34. The first-order chi connectivity index (χ1) is 10.1. The molecule has 0 bridgehead atoms. The molecule has 0 spiro atoms. The lowest BCUT2D eigenvalue weighted by Crippen LogP contribution is -2.49. The van der Waals surface area contributed by atoms with Crippen LogP contribution in [0.4, 0.5) is 0 Å². The molecular weight excluding hydrogens is 286 g/mol. The van der Waals surface area contributed by atoms with Crippen molar-refractivity contribution in [3.8, 4) is 0 Å². The van der Waals surface area contributed by atoms with E-state index in [1.54, 1.807) is 11.8 Å². The number of amides is 1. The predicted octanol–water partition coefficient (Wildman–Crippen LogP) is 2.42. The van der Waals surface area contributed by atoms with Crippen molar-refractivity contribution in [2.75, 3.05) is 6.54 Å². The Morgan fingerprint density at radius 3 is 2.76 bits per heavy atom. The van der Waals surface area contributed by atoms with Gasteiger partial charge in [-0.25, -0.2) is 0 Å². The summed E-state index contributed by atoms with van der Waals surface area (Å²) in [5.74, 6) is -0.887. The maximum Gasteiger partial charge on any atom is 0.306 e. The van der Waals surface area contributed by atoms with Crippen LogP contribution in [0.2, 0.25) is 0 Å². The lowest BCUT2D eigenvalue weighted by atomic mass is 9.91. The number of rotatable bonds is 2. The van der Waals surface area contributed by atoms with Crippen LogP contribution in [0.5, 0.6) is 0 Å². The molecule has 3 atom stereocenters. The number of hydrogen-bond acceptors (Lipinski definition) is 3. The number of thioether (sulfide) groups is 1. The summed E-state index contributed by atoms with van der Waals surface area (Å²) >= 11 is 1.64. The molecule has 1 N–H and O–H groups in total. The minimum absolute atomic E-state index is 0.0108. The van der Waals surface area contributed by atoms with Crippen LogP contribution < -0.4 is 0 Å². The first kappa shape index (κ1) is 14.4. The highest BCUT2D eigenvalue weighted by Gasteiger charge is 2.37. The molecule has 5 heteroatoms. The molecule has 2 heterocycles. The molecule has 21 heavy (non-hydrogen) atoms. The van der Waals surface area contributed by atoms with Gasteiger partial charge in [0.25, 0.3) is 0 Å². The van der Waals surface area contributed by atoms with E-state index < -0.39 is 5.97 Å². The number of carbonyl (C=O) groups excluding carboxylic acids is 1. The maximum absolute atomic E-state index is 12.7. The Labute approximate surface area is 128 Å². The fraction of sp³-hybridized carbons (Fsp3) is 0.500. The third-order valence-electron chi connectivity index (χ3n) is 4.43. The molecule has 1 fully saturated rings. The molecule has 1 amide bonds. The summed E-state index contributed by atoms with van der Waals surface area (Å²) in [6.45, 7) is 2.52. The van der Waals surface area contributed by atoms with E-state index in [4.69, 9.17) is 5.11 Å². The second-order valence-corrected chi connectivity index (χ2v) is 7.10. The lowest BCUT2D eigenvalue weighted by Gasteiger charge is -2.37. The summed E-state index contributed by atoms with van der Waals surface area (Å²) in [4.78, 5) is 26.9. The molecule has 3 unspecified atom stereocenters. The lowest BCUT2D eigenvalue weighted by molar-refractivity contribution is -0.147. The third kappa shape index (κ3) is 2.79. The summed E-state index contributed by atoms with van der Waals surface area (Å²) in [5.41, 5.74) is 1.24. The Hall–Kier alpha value is -1.49. The number of carboxylic acids is 1. The molecule has 1 aromatic carbocycles. The van der Waals surface area contributed by atoms with Crippen LogP contribution in [0, 0.1) is 5.92 Å². The highest BCUT2D eigenvalue weighted by atomic mass is 32.2. The highest BCUT2D eigenvalue weighted by Crippen LogP contribution is 2.38. The number of likely N-dealkylation sites (tertiary alicyclic amines) is 1. The largest absolute Gasteiger partial charge is 0.481 e. The molecule has 1 saturated heterocycles. The minimum Gasteiger partial charge on any atom is -0.481 e. The average molecular weight is 305 g/mol. The molecular formula is C16H19NO3S. The molecule has 4 nitrogen and oxygen atoms in total. The number of nitrogens with zero attached hydrogens (tertiary/aromatic N) is 1. The van der Waals surface area contributed by atoms with Crippen molar-refractivity contribution >= 4 is 23.6 Å². The molecule has 112 valence electrons. The van der Waals surface area contributed by atoms with Crippen LogP contribution in [0.3, 0.4) is 0 Å². The van der Waals surface area contributed by atoms with Gasteiger partial charge in [0, 0.05) is 17.5 Å². The van der Waals surface area contributed by atoms with E-state index in [0.717, 1.165) is 6.42 Å². The second-order valence-electron chi connectivity index (χ2n) is 5.86. The molecule has 0 aliphatic carbocycles. The quantitative estimate of drug-likeness (QED) is 0.911. The van der Waals surface area contributed by atoms with Crippen molar-refractivity contribution in [1.82, 2.24) is 4.90 Å². The van der Waals surface area contributed by atoms with Crippen LogP contribution in [-0.4, -0.2) is 39.7 Å². The second kappa shape index (κ2) is 5.72. The Morgan fingerprint density at radius 1 is 1.33 bits per heavy atom. The summed E-state index contributed by atoms with van der Waals surface area (Å²) in [5, 5.41) is 9.05. The van der Waals surface area contributed by atoms with Gasteiger partial charge in [0.05, 0.1) is 11.2 Å². The van der Waals surface area contributed by atoms with Gasteiger partial charge in [0.15, 0.2) is 0 Å². The fourth-order valence-corrected chi connectivity index (χ4v) is 4.49. The summed E-state index contributed by atoms with van der Waals surface area (Å²) in [6, 6.07) is 8.16. The molecule has 0 aromatic heterocycles. The fourth-order valence-electron chi connectivity index (χ4n) is 3.23. The molecule has 1 aromatic rings. The van der Waals surface area contributed by atoms with E-state index in [1.165, 1.54) is 10.5 Å². The van der Waals surface area contributed by atoms with E-state index in [2.05, 4.69) is 12.1 Å². The smallest absolute Gasteiger partial charge is 0.306 e. The van der Waals surface area contributed by atoms with Crippen molar-refractivity contribution in [2.45, 2.75) is 42.4 Å². The average Bonchev–Trinajstić information content (AvgIpc) is 2.90. The van der Waals surface area contributed by atoms with Crippen molar-refractivity contribution in [3.63, 3.8) is 0 Å². The molecule has 3 rings (SSSR count). The van der Waals surface area contributed by atoms with Gasteiger partial charge in [0.2, 0.25) is 5.91 Å². The van der Waals surface area contributed by atoms with Crippen molar-refractivity contribution in [3.05, 3.63) is 29.8 Å². The van der Waals surface area contributed by atoms with Gasteiger partial charge in [-0.3, -0.25) is 9.59 Å². The minimum atomic E-state index is -0.739. The number of carbonyl (C=O) groups is 2. The van der Waals surface area contributed by atoms with E-state index in [9.17, 15) is 9.59 Å². The zero-order valence-electron chi connectivity index (χ0n) is 12.0. The SMILES string of the molecule is CC1CC(C(=O)O)CCN1C(=O)C1Cc2ccccc2S1. The topological polar surface area (TPSA) is 57.6 Å². The monoisotopic (exact) mass is 305 g/mol. The van der Waals surface area contributed by atoms with Gasteiger partial charge in [-0.2, -0.15) is 0 Å². The number of carboxylic acid groups (broad SMARTS) is 1. The summed E-state index contributed by atoms with van der Waals surface area (Å²) < 4.78 is 0. The van der Waals surface area contributed by atoms with Crippen LogP contribution in [0.15, 0.2) is 29.2 Å². The number of piperidine rings is 1.